The van der Waals surface area contributed by atoms with Crippen molar-refractivity contribution in [3.8, 4) is 5.75 Å². The maximum atomic E-state index is 13.0. The average molecular weight is 448 g/mol. The van der Waals surface area contributed by atoms with E-state index in [0.717, 1.165) is 58.8 Å². The first-order chi connectivity index (χ1) is 15.7. The minimum absolute atomic E-state index is 0.221. The molecule has 0 atom stereocenters. The van der Waals surface area contributed by atoms with E-state index in [9.17, 15) is 4.79 Å². The number of fused-ring (bicyclic) bond motifs is 4. The molecule has 3 aliphatic rings. The van der Waals surface area contributed by atoms with Crippen molar-refractivity contribution >= 4 is 45.2 Å². The molecule has 6 rings (SSSR count). The molecule has 2 aromatic heterocycles. The van der Waals surface area contributed by atoms with Crippen molar-refractivity contribution in [1.29, 1.82) is 0 Å². The molecule has 0 unspecified atom stereocenters. The van der Waals surface area contributed by atoms with E-state index in [1.165, 1.54) is 28.8 Å². The second kappa shape index (κ2) is 7.85. The third-order valence-corrected chi connectivity index (χ3v) is 7.98. The number of anilines is 2. The van der Waals surface area contributed by atoms with Crippen molar-refractivity contribution in [2.45, 2.75) is 45.2 Å². The number of hydrogen-bond donors (Lipinski definition) is 1. The number of aromatic nitrogens is 2. The molecule has 1 fully saturated rings. The Morgan fingerprint density at radius 2 is 2.12 bits per heavy atom. The van der Waals surface area contributed by atoms with E-state index in [2.05, 4.69) is 31.2 Å². The van der Waals surface area contributed by atoms with Gasteiger partial charge < -0.3 is 15.0 Å². The van der Waals surface area contributed by atoms with Gasteiger partial charge in [0.25, 0.3) is 0 Å². The largest absolute Gasteiger partial charge is 0.495 e. The monoisotopic (exact) mass is 447 g/mol. The minimum atomic E-state index is 0.221. The number of benzene rings is 1. The number of nitrogens with one attached hydrogen (secondary N) is 1. The molecule has 0 saturated heterocycles. The lowest BCUT2D eigenvalue weighted by Crippen LogP contribution is -2.38. The molecular formula is C24H25N5O2S. The summed E-state index contributed by atoms with van der Waals surface area (Å²) in [6, 6.07) is 4.11. The quantitative estimate of drug-likeness (QED) is 0.639. The van der Waals surface area contributed by atoms with E-state index in [1.807, 2.05) is 12.3 Å². The van der Waals surface area contributed by atoms with Crippen LogP contribution in [0.1, 0.15) is 47.3 Å². The first-order valence-corrected chi connectivity index (χ1v) is 12.0. The van der Waals surface area contributed by atoms with Gasteiger partial charge in [-0.15, -0.1) is 11.3 Å². The molecule has 1 aromatic carbocycles. The van der Waals surface area contributed by atoms with E-state index in [4.69, 9.17) is 4.74 Å². The Balaban J connectivity index is 1.33. The minimum Gasteiger partial charge on any atom is -0.495 e. The van der Waals surface area contributed by atoms with Crippen LogP contribution >= 0.6 is 11.3 Å². The van der Waals surface area contributed by atoms with Crippen LogP contribution in [0.2, 0.25) is 0 Å². The first kappa shape index (κ1) is 19.7. The summed E-state index contributed by atoms with van der Waals surface area (Å²) < 4.78 is 5.64. The Hall–Kier alpha value is -3.00. The summed E-state index contributed by atoms with van der Waals surface area (Å²) in [4.78, 5) is 30.7. The van der Waals surface area contributed by atoms with Crippen LogP contribution in [0.5, 0.6) is 5.75 Å². The SMILES string of the molecule is COc1cc2c(cc1Nc1ncnc3sc4c(c13)CCN(C(=O)C1CCCC1)C4)C=NC2. The predicted octanol–water partition coefficient (Wildman–Crippen LogP) is 4.45. The van der Waals surface area contributed by atoms with Gasteiger partial charge in [-0.1, -0.05) is 12.8 Å². The Kier molecular flexibility index (Phi) is 4.82. The highest BCUT2D eigenvalue weighted by Gasteiger charge is 2.31. The van der Waals surface area contributed by atoms with Gasteiger partial charge >= 0.3 is 0 Å². The third kappa shape index (κ3) is 3.24. The summed E-state index contributed by atoms with van der Waals surface area (Å²) >= 11 is 1.68. The van der Waals surface area contributed by atoms with Crippen molar-refractivity contribution in [2.75, 3.05) is 19.0 Å². The molecule has 7 nitrogen and oxygen atoms in total. The Bertz CT molecular complexity index is 1240. The second-order valence-corrected chi connectivity index (χ2v) is 9.83. The van der Waals surface area contributed by atoms with Gasteiger partial charge in [0.2, 0.25) is 5.91 Å². The molecule has 0 spiro atoms. The van der Waals surface area contributed by atoms with Gasteiger partial charge in [-0.3, -0.25) is 9.79 Å². The van der Waals surface area contributed by atoms with Gasteiger partial charge in [0.1, 0.15) is 22.7 Å². The summed E-state index contributed by atoms with van der Waals surface area (Å²) in [6.45, 7) is 2.14. The van der Waals surface area contributed by atoms with Gasteiger partial charge in [0.15, 0.2) is 0 Å². The van der Waals surface area contributed by atoms with Crippen LogP contribution in [0.15, 0.2) is 23.5 Å². The van der Waals surface area contributed by atoms with Crippen LogP contribution in [0.25, 0.3) is 10.2 Å². The fourth-order valence-electron chi connectivity index (χ4n) is 5.17. The lowest BCUT2D eigenvalue weighted by molar-refractivity contribution is -0.136. The molecule has 4 heterocycles. The van der Waals surface area contributed by atoms with Crippen LogP contribution in [0, 0.1) is 5.92 Å². The summed E-state index contributed by atoms with van der Waals surface area (Å²) in [5, 5.41) is 4.57. The van der Waals surface area contributed by atoms with Crippen molar-refractivity contribution in [2.24, 2.45) is 10.9 Å². The Morgan fingerprint density at radius 1 is 1.25 bits per heavy atom. The van der Waals surface area contributed by atoms with Crippen LogP contribution < -0.4 is 10.1 Å². The highest BCUT2D eigenvalue weighted by molar-refractivity contribution is 7.19. The highest BCUT2D eigenvalue weighted by atomic mass is 32.1. The normalized spacial score (nSPS) is 17.6. The highest BCUT2D eigenvalue weighted by Crippen LogP contribution is 2.40. The number of hydrogen-bond acceptors (Lipinski definition) is 7. The number of carbonyl (C=O) groups is 1. The molecule has 1 saturated carbocycles. The lowest BCUT2D eigenvalue weighted by Gasteiger charge is -2.29. The predicted molar refractivity (Wildman–Crippen MR) is 126 cm³/mol. The topological polar surface area (TPSA) is 79.7 Å². The van der Waals surface area contributed by atoms with E-state index >= 15 is 0 Å². The van der Waals surface area contributed by atoms with Crippen molar-refractivity contribution in [3.05, 3.63) is 40.0 Å². The smallest absolute Gasteiger partial charge is 0.226 e. The molecule has 2 aliphatic heterocycles. The maximum Gasteiger partial charge on any atom is 0.226 e. The Labute approximate surface area is 190 Å². The van der Waals surface area contributed by atoms with Gasteiger partial charge in [-0.05, 0) is 48.1 Å². The molecule has 32 heavy (non-hydrogen) atoms. The number of rotatable bonds is 4. The Morgan fingerprint density at radius 3 is 2.97 bits per heavy atom. The molecule has 0 radical (unpaired) electrons. The average Bonchev–Trinajstić information content (AvgIpc) is 3.56. The second-order valence-electron chi connectivity index (χ2n) is 8.74. The summed E-state index contributed by atoms with van der Waals surface area (Å²) in [6.07, 6.45) is 8.79. The molecule has 0 bridgehead atoms. The summed E-state index contributed by atoms with van der Waals surface area (Å²) in [5.41, 5.74) is 4.41. The molecule has 3 aromatic rings. The van der Waals surface area contributed by atoms with Crippen molar-refractivity contribution in [1.82, 2.24) is 14.9 Å². The zero-order valence-electron chi connectivity index (χ0n) is 18.1. The van der Waals surface area contributed by atoms with Gasteiger partial charge in [0, 0.05) is 23.6 Å². The van der Waals surface area contributed by atoms with E-state index < -0.39 is 0 Å². The summed E-state index contributed by atoms with van der Waals surface area (Å²) in [7, 11) is 1.68. The number of carbonyl (C=O) groups excluding carboxylic acids is 1. The fraction of sp³-hybridized carbons (Fsp3) is 0.417. The van der Waals surface area contributed by atoms with E-state index in [0.29, 0.717) is 19.0 Å². The maximum absolute atomic E-state index is 13.0. The number of ether oxygens (including phenoxy) is 1. The van der Waals surface area contributed by atoms with E-state index in [-0.39, 0.29) is 5.92 Å². The summed E-state index contributed by atoms with van der Waals surface area (Å²) in [5.74, 6) is 2.12. The molecular weight excluding hydrogens is 422 g/mol. The van der Waals surface area contributed by atoms with Gasteiger partial charge in [-0.2, -0.15) is 0 Å². The van der Waals surface area contributed by atoms with Crippen LogP contribution in [-0.4, -0.2) is 40.6 Å². The van der Waals surface area contributed by atoms with Crippen molar-refractivity contribution in [3.63, 3.8) is 0 Å². The van der Waals surface area contributed by atoms with Gasteiger partial charge in [-0.25, -0.2) is 9.97 Å². The first-order valence-electron chi connectivity index (χ1n) is 11.2. The fourth-order valence-corrected chi connectivity index (χ4v) is 6.38. The zero-order valence-corrected chi connectivity index (χ0v) is 18.9. The van der Waals surface area contributed by atoms with E-state index in [1.54, 1.807) is 24.8 Å². The number of methoxy groups -OCH3 is 1. The molecule has 164 valence electrons. The molecule has 1 amide bonds. The molecule has 8 heteroatoms. The number of thiophene rings is 1. The van der Waals surface area contributed by atoms with Gasteiger partial charge in [0.05, 0.1) is 31.3 Å². The molecule has 1 N–H and O–H groups in total. The number of aliphatic imine (C=N–C) groups is 1. The zero-order chi connectivity index (χ0) is 21.7. The molecule has 1 aliphatic carbocycles. The standard InChI is InChI=1S/C24H25N5O2S/c1-31-19-9-16-11-25-10-15(16)8-18(19)28-22-21-17-6-7-29(24(30)14-4-2-3-5-14)12-20(17)32-23(21)27-13-26-22/h8-10,13-14H,2-7,11-12H2,1H3,(H,26,27,28). The lowest BCUT2D eigenvalue weighted by atomic mass is 10.0. The number of amides is 1. The van der Waals surface area contributed by atoms with Crippen molar-refractivity contribution < 1.29 is 9.53 Å². The number of nitrogens with zero attached hydrogens (tertiary/aromatic N) is 4. The van der Waals surface area contributed by atoms with Crippen LogP contribution in [-0.2, 0) is 24.3 Å². The van der Waals surface area contributed by atoms with Crippen LogP contribution in [0.4, 0.5) is 11.5 Å². The van der Waals surface area contributed by atoms with Crippen LogP contribution in [0.3, 0.4) is 0 Å². The third-order valence-electron chi connectivity index (χ3n) is 6.86.